The molecule has 0 aliphatic heterocycles. The van der Waals surface area contributed by atoms with Crippen LogP contribution >= 0.6 is 11.3 Å². The molecule has 3 aromatic rings. The number of pyridine rings is 1. The van der Waals surface area contributed by atoms with Crippen molar-refractivity contribution in [3.05, 3.63) is 57.9 Å². The van der Waals surface area contributed by atoms with Gasteiger partial charge in [-0.1, -0.05) is 13.0 Å². The normalized spacial score (nSPS) is 10.8. The van der Waals surface area contributed by atoms with Gasteiger partial charge in [0.15, 0.2) is 5.82 Å². The monoisotopic (exact) mass is 342 g/mol. The SMILES string of the molecule is CCCc1nc(COC(=O)c2cnn(-c3ccccn3)c2C)cs1. The lowest BCUT2D eigenvalue weighted by molar-refractivity contribution is 0.0467. The first kappa shape index (κ1) is 16.3. The first-order valence-electron chi connectivity index (χ1n) is 7.75. The fraction of sp³-hybridized carbons (Fsp3) is 0.294. The zero-order chi connectivity index (χ0) is 16.9. The van der Waals surface area contributed by atoms with Gasteiger partial charge in [0, 0.05) is 11.6 Å². The van der Waals surface area contributed by atoms with Crippen molar-refractivity contribution in [3.63, 3.8) is 0 Å². The quantitative estimate of drug-likeness (QED) is 0.643. The molecule has 124 valence electrons. The highest BCUT2D eigenvalue weighted by Crippen LogP contribution is 2.16. The van der Waals surface area contributed by atoms with Crippen molar-refractivity contribution >= 4 is 17.3 Å². The molecule has 0 N–H and O–H groups in total. The Morgan fingerprint density at radius 1 is 1.38 bits per heavy atom. The Morgan fingerprint density at radius 3 is 3.00 bits per heavy atom. The van der Waals surface area contributed by atoms with E-state index in [0.29, 0.717) is 17.1 Å². The Morgan fingerprint density at radius 2 is 2.25 bits per heavy atom. The Balaban J connectivity index is 1.68. The van der Waals surface area contributed by atoms with Crippen molar-refractivity contribution in [2.45, 2.75) is 33.3 Å². The van der Waals surface area contributed by atoms with Crippen molar-refractivity contribution in [1.82, 2.24) is 19.7 Å². The van der Waals surface area contributed by atoms with Gasteiger partial charge in [-0.3, -0.25) is 0 Å². The molecule has 0 spiro atoms. The lowest BCUT2D eigenvalue weighted by Gasteiger charge is -2.04. The minimum absolute atomic E-state index is 0.174. The number of nitrogens with zero attached hydrogens (tertiary/aromatic N) is 4. The fourth-order valence-corrected chi connectivity index (χ4v) is 3.17. The molecular weight excluding hydrogens is 324 g/mol. The third kappa shape index (κ3) is 3.51. The molecule has 0 saturated heterocycles. The summed E-state index contributed by atoms with van der Waals surface area (Å²) in [6.07, 6.45) is 5.20. The van der Waals surface area contributed by atoms with Crippen LogP contribution in [0, 0.1) is 6.92 Å². The van der Waals surface area contributed by atoms with Crippen molar-refractivity contribution in [1.29, 1.82) is 0 Å². The molecule has 0 fully saturated rings. The Bertz CT molecular complexity index is 826. The minimum Gasteiger partial charge on any atom is -0.455 e. The fourth-order valence-electron chi connectivity index (χ4n) is 2.28. The van der Waals surface area contributed by atoms with Crippen molar-refractivity contribution in [3.8, 4) is 5.82 Å². The molecule has 0 aromatic carbocycles. The molecule has 0 radical (unpaired) electrons. The molecule has 0 aliphatic rings. The number of aryl methyl sites for hydroxylation is 1. The van der Waals surface area contributed by atoms with Gasteiger partial charge in [0.25, 0.3) is 0 Å². The van der Waals surface area contributed by atoms with Crippen molar-refractivity contribution in [2.24, 2.45) is 0 Å². The highest BCUT2D eigenvalue weighted by Gasteiger charge is 2.17. The standard InChI is InChI=1S/C17H18N4O2S/c1-3-6-16-20-13(11-24-16)10-23-17(22)14-9-19-21(12(14)2)15-7-4-5-8-18-15/h4-5,7-9,11H,3,6,10H2,1-2H3. The summed E-state index contributed by atoms with van der Waals surface area (Å²) >= 11 is 1.60. The lowest BCUT2D eigenvalue weighted by atomic mass is 10.2. The van der Waals surface area contributed by atoms with Crippen LogP contribution < -0.4 is 0 Å². The summed E-state index contributed by atoms with van der Waals surface area (Å²) in [5.41, 5.74) is 1.92. The molecule has 0 saturated carbocycles. The van der Waals surface area contributed by atoms with Gasteiger partial charge >= 0.3 is 5.97 Å². The summed E-state index contributed by atoms with van der Waals surface area (Å²) in [6, 6.07) is 5.54. The summed E-state index contributed by atoms with van der Waals surface area (Å²) in [5.74, 6) is 0.262. The van der Waals surface area contributed by atoms with Crippen LogP contribution in [0.2, 0.25) is 0 Å². The van der Waals surface area contributed by atoms with E-state index in [2.05, 4.69) is 22.0 Å². The third-order valence-electron chi connectivity index (χ3n) is 3.51. The number of thiazole rings is 1. The number of aromatic nitrogens is 4. The molecule has 0 unspecified atom stereocenters. The van der Waals surface area contributed by atoms with Crippen LogP contribution in [0.4, 0.5) is 0 Å². The topological polar surface area (TPSA) is 69.9 Å². The Labute approximate surface area is 144 Å². The smallest absolute Gasteiger partial charge is 0.342 e. The Hall–Kier alpha value is -2.54. The van der Waals surface area contributed by atoms with E-state index in [1.807, 2.05) is 30.5 Å². The number of carbonyl (C=O) groups excluding carboxylic acids is 1. The maximum Gasteiger partial charge on any atom is 0.342 e. The number of hydrogen-bond acceptors (Lipinski definition) is 6. The van der Waals surface area contributed by atoms with Crippen LogP contribution in [0.1, 0.15) is 40.1 Å². The maximum absolute atomic E-state index is 12.3. The molecule has 7 heteroatoms. The number of esters is 1. The number of hydrogen-bond donors (Lipinski definition) is 0. The van der Waals surface area contributed by atoms with E-state index in [1.165, 1.54) is 6.20 Å². The molecule has 0 bridgehead atoms. The van der Waals surface area contributed by atoms with Crippen LogP contribution in [0.3, 0.4) is 0 Å². The molecular formula is C17H18N4O2S. The van der Waals surface area contributed by atoms with Crippen LogP contribution in [0.5, 0.6) is 0 Å². The second-order valence-electron chi connectivity index (χ2n) is 5.30. The molecule has 3 rings (SSSR count). The van der Waals surface area contributed by atoms with E-state index in [1.54, 1.807) is 22.2 Å². The second kappa shape index (κ2) is 7.35. The summed E-state index contributed by atoms with van der Waals surface area (Å²) < 4.78 is 6.99. The molecule has 0 aliphatic carbocycles. The molecule has 6 nitrogen and oxygen atoms in total. The lowest BCUT2D eigenvalue weighted by Crippen LogP contribution is -2.08. The highest BCUT2D eigenvalue weighted by atomic mass is 32.1. The van der Waals surface area contributed by atoms with Crippen molar-refractivity contribution in [2.75, 3.05) is 0 Å². The predicted molar refractivity (Wildman–Crippen MR) is 91.3 cm³/mol. The maximum atomic E-state index is 12.3. The molecule has 0 atom stereocenters. The zero-order valence-corrected chi connectivity index (χ0v) is 14.4. The van der Waals surface area contributed by atoms with Gasteiger partial charge in [-0.05, 0) is 31.9 Å². The zero-order valence-electron chi connectivity index (χ0n) is 13.6. The summed E-state index contributed by atoms with van der Waals surface area (Å²) in [5, 5.41) is 7.24. The first-order chi connectivity index (χ1) is 11.7. The first-order valence-corrected chi connectivity index (χ1v) is 8.63. The van der Waals surface area contributed by atoms with E-state index in [4.69, 9.17) is 4.74 Å². The van der Waals surface area contributed by atoms with E-state index >= 15 is 0 Å². The van der Waals surface area contributed by atoms with Crippen LogP contribution in [-0.4, -0.2) is 25.7 Å². The average molecular weight is 342 g/mol. The molecule has 3 heterocycles. The van der Waals surface area contributed by atoms with E-state index in [9.17, 15) is 4.79 Å². The van der Waals surface area contributed by atoms with Gasteiger partial charge in [-0.15, -0.1) is 11.3 Å². The molecule has 24 heavy (non-hydrogen) atoms. The Kier molecular flexibility index (Phi) is 5.00. The van der Waals surface area contributed by atoms with E-state index < -0.39 is 5.97 Å². The number of rotatable bonds is 6. The van der Waals surface area contributed by atoms with Crippen LogP contribution in [0.25, 0.3) is 5.82 Å². The molecule has 0 amide bonds. The van der Waals surface area contributed by atoms with Gasteiger partial charge in [0.2, 0.25) is 0 Å². The van der Waals surface area contributed by atoms with Gasteiger partial charge in [0.1, 0.15) is 12.2 Å². The highest BCUT2D eigenvalue weighted by molar-refractivity contribution is 7.09. The minimum atomic E-state index is -0.403. The van der Waals surface area contributed by atoms with Gasteiger partial charge in [0.05, 0.1) is 22.6 Å². The van der Waals surface area contributed by atoms with Crippen molar-refractivity contribution < 1.29 is 9.53 Å². The molecule has 3 aromatic heterocycles. The summed E-state index contributed by atoms with van der Waals surface area (Å²) in [4.78, 5) is 21.0. The van der Waals surface area contributed by atoms with Gasteiger partial charge in [-0.25, -0.2) is 19.4 Å². The number of ether oxygens (including phenoxy) is 1. The second-order valence-corrected chi connectivity index (χ2v) is 6.24. The average Bonchev–Trinajstić information content (AvgIpc) is 3.20. The number of carbonyl (C=O) groups is 1. The summed E-state index contributed by atoms with van der Waals surface area (Å²) in [7, 11) is 0. The van der Waals surface area contributed by atoms with Crippen LogP contribution in [-0.2, 0) is 17.8 Å². The largest absolute Gasteiger partial charge is 0.455 e. The third-order valence-corrected chi connectivity index (χ3v) is 4.47. The van der Waals surface area contributed by atoms with Crippen LogP contribution in [0.15, 0.2) is 36.0 Å². The van der Waals surface area contributed by atoms with E-state index in [0.717, 1.165) is 23.5 Å². The van der Waals surface area contributed by atoms with E-state index in [-0.39, 0.29) is 6.61 Å². The predicted octanol–water partition coefficient (Wildman–Crippen LogP) is 3.34. The van der Waals surface area contributed by atoms with Gasteiger partial charge in [-0.2, -0.15) is 5.10 Å². The summed E-state index contributed by atoms with van der Waals surface area (Å²) in [6.45, 7) is 4.11. The van der Waals surface area contributed by atoms with Gasteiger partial charge < -0.3 is 4.74 Å².